The molecule has 4 heteroatoms. The van der Waals surface area contributed by atoms with Crippen molar-refractivity contribution >= 4 is 23.3 Å². The highest BCUT2D eigenvalue weighted by Gasteiger charge is 2.23. The van der Waals surface area contributed by atoms with Crippen molar-refractivity contribution in [2.24, 2.45) is 4.99 Å². The van der Waals surface area contributed by atoms with E-state index in [1.165, 1.54) is 5.56 Å². The lowest BCUT2D eigenvalue weighted by molar-refractivity contribution is 0.253. The van der Waals surface area contributed by atoms with Gasteiger partial charge < -0.3 is 5.32 Å². The van der Waals surface area contributed by atoms with E-state index in [9.17, 15) is 4.79 Å². The summed E-state index contributed by atoms with van der Waals surface area (Å²) in [5.74, 6) is 0.143. The minimum Gasteiger partial charge on any atom is -0.304 e. The second-order valence-electron chi connectivity index (χ2n) is 4.85. The number of urea groups is 1. The smallest absolute Gasteiger partial charge is 0.304 e. The van der Waals surface area contributed by atoms with Gasteiger partial charge in [-0.2, -0.15) is 4.99 Å². The molecule has 3 rings (SSSR count). The van der Waals surface area contributed by atoms with Crippen LogP contribution in [0.2, 0.25) is 5.02 Å². The molecule has 0 fully saturated rings. The molecule has 3 nitrogen and oxygen atoms in total. The molecular weight excluding hydrogens is 260 g/mol. The van der Waals surface area contributed by atoms with Crippen molar-refractivity contribution in [3.05, 3.63) is 57.8 Å². The maximum absolute atomic E-state index is 11.2. The van der Waals surface area contributed by atoms with Crippen LogP contribution in [-0.2, 0) is 0 Å². The molecule has 0 spiro atoms. The van der Waals surface area contributed by atoms with Gasteiger partial charge in [0, 0.05) is 10.9 Å². The van der Waals surface area contributed by atoms with E-state index in [-0.39, 0.29) is 11.9 Å². The molecular formula is C15H13ClN2O. The van der Waals surface area contributed by atoms with Crippen molar-refractivity contribution in [1.82, 2.24) is 5.32 Å². The zero-order valence-electron chi connectivity index (χ0n) is 10.7. The number of nitrogens with one attached hydrogen (secondary N) is 1. The van der Waals surface area contributed by atoms with E-state index in [1.807, 2.05) is 24.3 Å². The molecule has 1 N–H and O–H groups in total. The largest absolute Gasteiger partial charge is 0.346 e. The molecule has 2 amide bonds. The van der Waals surface area contributed by atoms with E-state index in [1.54, 1.807) is 0 Å². The monoisotopic (exact) mass is 272 g/mol. The Morgan fingerprint density at radius 3 is 2.63 bits per heavy atom. The maximum Gasteiger partial charge on any atom is 0.346 e. The van der Waals surface area contributed by atoms with Crippen molar-refractivity contribution in [2.75, 3.05) is 0 Å². The summed E-state index contributed by atoms with van der Waals surface area (Å²) in [4.78, 5) is 15.1. The summed E-state index contributed by atoms with van der Waals surface area (Å²) in [6.45, 7) is 4.11. The van der Waals surface area contributed by atoms with E-state index in [4.69, 9.17) is 11.6 Å². The predicted octanol–water partition coefficient (Wildman–Crippen LogP) is 3.66. The number of halogens is 1. The fourth-order valence-corrected chi connectivity index (χ4v) is 3.02. The number of amides is 2. The molecule has 1 atom stereocenters. The highest BCUT2D eigenvalue weighted by atomic mass is 35.5. The van der Waals surface area contributed by atoms with Gasteiger partial charge in [-0.1, -0.05) is 17.7 Å². The molecule has 1 heterocycles. The molecule has 96 valence electrons. The predicted molar refractivity (Wildman–Crippen MR) is 76.9 cm³/mol. The lowest BCUT2D eigenvalue weighted by Crippen LogP contribution is -2.17. The number of hydrogen-bond acceptors (Lipinski definition) is 1. The van der Waals surface area contributed by atoms with E-state index >= 15 is 0 Å². The Balaban J connectivity index is 2.04. The number of benzene rings is 1. The van der Waals surface area contributed by atoms with Gasteiger partial charge in [-0.3, -0.25) is 0 Å². The van der Waals surface area contributed by atoms with Gasteiger partial charge in [-0.05, 0) is 54.8 Å². The second-order valence-corrected chi connectivity index (χ2v) is 5.28. The van der Waals surface area contributed by atoms with Crippen molar-refractivity contribution in [2.45, 2.75) is 19.8 Å². The Labute approximate surface area is 116 Å². The van der Waals surface area contributed by atoms with E-state index < -0.39 is 0 Å². The molecule has 2 aliphatic rings. The molecule has 1 aliphatic carbocycles. The number of fused-ring (bicyclic) bond motifs is 1. The Morgan fingerprint density at radius 2 is 1.95 bits per heavy atom. The molecule has 0 saturated carbocycles. The van der Waals surface area contributed by atoms with Crippen LogP contribution in [0.25, 0.3) is 0 Å². The van der Waals surface area contributed by atoms with Gasteiger partial charge in [-0.15, -0.1) is 0 Å². The first kappa shape index (κ1) is 12.2. The van der Waals surface area contributed by atoms with Gasteiger partial charge in [0.05, 0.1) is 11.4 Å². The molecule has 0 saturated heterocycles. The molecule has 19 heavy (non-hydrogen) atoms. The second kappa shape index (κ2) is 4.35. The van der Waals surface area contributed by atoms with E-state index in [2.05, 4.69) is 30.2 Å². The third kappa shape index (κ3) is 2.10. The van der Waals surface area contributed by atoms with Crippen LogP contribution in [0.15, 0.2) is 41.1 Å². The summed E-state index contributed by atoms with van der Waals surface area (Å²) >= 11 is 6.06. The van der Waals surface area contributed by atoms with Crippen LogP contribution in [0.1, 0.15) is 22.6 Å². The average Bonchev–Trinajstić information content (AvgIpc) is 2.67. The molecule has 0 bridgehead atoms. The first-order valence-electron chi connectivity index (χ1n) is 6.11. The van der Waals surface area contributed by atoms with Crippen LogP contribution in [0.5, 0.6) is 0 Å². The Bertz CT molecular complexity index is 648. The normalized spacial score (nSPS) is 20.8. The summed E-state index contributed by atoms with van der Waals surface area (Å²) in [6, 6.07) is 3.64. The SMILES string of the molecule is Cc1cc(Cl)cc(C)c1C1C=CC2=NC(=O)NC2=C1. The van der Waals surface area contributed by atoms with Crippen LogP contribution in [0.3, 0.4) is 0 Å². The van der Waals surface area contributed by atoms with Gasteiger partial charge >= 0.3 is 6.03 Å². The average molecular weight is 273 g/mol. The van der Waals surface area contributed by atoms with Gasteiger partial charge in [-0.25, -0.2) is 4.79 Å². The fraction of sp³-hybridized carbons (Fsp3) is 0.200. The van der Waals surface area contributed by atoms with Crippen LogP contribution in [0.4, 0.5) is 4.79 Å². The number of rotatable bonds is 1. The highest BCUT2D eigenvalue weighted by Crippen LogP contribution is 2.32. The van der Waals surface area contributed by atoms with Gasteiger partial charge in [0.1, 0.15) is 0 Å². The third-order valence-electron chi connectivity index (χ3n) is 3.44. The van der Waals surface area contributed by atoms with E-state index in [0.717, 1.165) is 21.8 Å². The van der Waals surface area contributed by atoms with Crippen LogP contribution >= 0.6 is 11.6 Å². The zero-order chi connectivity index (χ0) is 13.6. The summed E-state index contributed by atoms with van der Waals surface area (Å²) in [5.41, 5.74) is 5.05. The van der Waals surface area contributed by atoms with Gasteiger partial charge in [0.25, 0.3) is 0 Å². The summed E-state index contributed by atoms with van der Waals surface area (Å²) in [6.07, 6.45) is 5.99. The van der Waals surface area contributed by atoms with Crippen molar-refractivity contribution in [3.63, 3.8) is 0 Å². The van der Waals surface area contributed by atoms with Crippen molar-refractivity contribution in [1.29, 1.82) is 0 Å². The van der Waals surface area contributed by atoms with E-state index in [0.29, 0.717) is 5.71 Å². The summed E-state index contributed by atoms with van der Waals surface area (Å²) < 4.78 is 0. The number of allylic oxidation sites excluding steroid dienone is 3. The Morgan fingerprint density at radius 1 is 1.26 bits per heavy atom. The quantitative estimate of drug-likeness (QED) is 0.833. The molecule has 0 radical (unpaired) electrons. The Kier molecular flexibility index (Phi) is 2.79. The summed E-state index contributed by atoms with van der Waals surface area (Å²) in [7, 11) is 0. The topological polar surface area (TPSA) is 41.5 Å². The van der Waals surface area contributed by atoms with Crippen molar-refractivity contribution < 1.29 is 4.79 Å². The molecule has 1 aromatic carbocycles. The molecule has 1 unspecified atom stereocenters. The number of nitrogens with zero attached hydrogens (tertiary/aromatic N) is 1. The molecule has 1 aliphatic heterocycles. The van der Waals surface area contributed by atoms with Crippen LogP contribution < -0.4 is 5.32 Å². The standard InChI is InChI=1S/C15H13ClN2O/c1-8-5-11(16)6-9(2)14(8)10-3-4-12-13(7-10)18-15(19)17-12/h3-7,10H,1-2H3,(H,18,19). The summed E-state index contributed by atoms with van der Waals surface area (Å²) in [5, 5.41) is 3.50. The first-order valence-corrected chi connectivity index (χ1v) is 6.49. The number of carbonyl (C=O) groups excluding carboxylic acids is 1. The number of aliphatic imine (C=N–C) groups is 1. The minimum atomic E-state index is -0.295. The number of carbonyl (C=O) groups is 1. The lowest BCUT2D eigenvalue weighted by atomic mass is 9.87. The Hall–Kier alpha value is -1.87. The van der Waals surface area contributed by atoms with Crippen molar-refractivity contribution in [3.8, 4) is 0 Å². The minimum absolute atomic E-state index is 0.143. The number of aryl methyl sites for hydroxylation is 2. The first-order chi connectivity index (χ1) is 9.04. The maximum atomic E-state index is 11.2. The fourth-order valence-electron chi connectivity index (χ4n) is 2.69. The number of hydrogen-bond donors (Lipinski definition) is 1. The lowest BCUT2D eigenvalue weighted by Gasteiger charge is -2.19. The van der Waals surface area contributed by atoms with Gasteiger partial charge in [0.15, 0.2) is 0 Å². The highest BCUT2D eigenvalue weighted by molar-refractivity contribution is 6.30. The zero-order valence-corrected chi connectivity index (χ0v) is 11.5. The molecule has 0 aromatic heterocycles. The van der Waals surface area contributed by atoms with Crippen LogP contribution in [-0.4, -0.2) is 11.7 Å². The molecule has 1 aromatic rings. The third-order valence-corrected chi connectivity index (χ3v) is 3.66. The van der Waals surface area contributed by atoms with Gasteiger partial charge in [0.2, 0.25) is 0 Å². The van der Waals surface area contributed by atoms with Crippen LogP contribution in [0, 0.1) is 13.8 Å².